The van der Waals surface area contributed by atoms with Crippen LogP contribution in [0.25, 0.3) is 0 Å². The van der Waals surface area contributed by atoms with Crippen LogP contribution in [0.5, 0.6) is 0 Å². The zero-order valence-corrected chi connectivity index (χ0v) is 14.0. The second-order valence-electron chi connectivity index (χ2n) is 6.46. The van der Waals surface area contributed by atoms with Gasteiger partial charge in [0.15, 0.2) is 0 Å². The number of rotatable bonds is 3. The first-order chi connectivity index (χ1) is 11.5. The summed E-state index contributed by atoms with van der Waals surface area (Å²) in [5.41, 5.74) is 0.848. The Kier molecular flexibility index (Phi) is 4.94. The second kappa shape index (κ2) is 6.97. The molecule has 1 aliphatic heterocycles. The highest BCUT2D eigenvalue weighted by Gasteiger charge is 2.36. The Hall–Kier alpha value is -1.82. The van der Waals surface area contributed by atoms with Crippen molar-refractivity contribution in [2.45, 2.75) is 19.3 Å². The molecule has 1 saturated carbocycles. The normalized spacial score (nSPS) is 24.2. The van der Waals surface area contributed by atoms with E-state index in [1.807, 2.05) is 4.90 Å². The predicted molar refractivity (Wildman–Crippen MR) is 88.7 cm³/mol. The van der Waals surface area contributed by atoms with Crippen molar-refractivity contribution in [1.82, 2.24) is 4.90 Å². The van der Waals surface area contributed by atoms with Crippen molar-refractivity contribution in [3.63, 3.8) is 0 Å². The number of carbonyl (C=O) groups excluding carboxylic acids is 1. The molecule has 2 fully saturated rings. The van der Waals surface area contributed by atoms with Crippen LogP contribution < -0.4 is 4.90 Å². The SMILES string of the molecule is O=C(O)[C@H]1CC[C@@H](C(=O)N2CCN(c3ccc(F)c(Cl)c3)CC2)C1. The molecule has 2 atom stereocenters. The number of carboxylic acid groups (broad SMARTS) is 1. The van der Waals surface area contributed by atoms with E-state index in [4.69, 9.17) is 16.7 Å². The van der Waals surface area contributed by atoms with Crippen LogP contribution in [0.3, 0.4) is 0 Å². The minimum atomic E-state index is -0.802. The summed E-state index contributed by atoms with van der Waals surface area (Å²) in [6, 6.07) is 4.63. The summed E-state index contributed by atoms with van der Waals surface area (Å²) < 4.78 is 13.2. The lowest BCUT2D eigenvalue weighted by atomic mass is 10.0. The zero-order valence-electron chi connectivity index (χ0n) is 13.3. The first-order valence-electron chi connectivity index (χ1n) is 8.17. The molecule has 1 saturated heterocycles. The Morgan fingerprint density at radius 1 is 1.12 bits per heavy atom. The molecule has 1 aromatic carbocycles. The van der Waals surface area contributed by atoms with E-state index < -0.39 is 11.8 Å². The monoisotopic (exact) mass is 354 g/mol. The Morgan fingerprint density at radius 3 is 2.38 bits per heavy atom. The summed E-state index contributed by atoms with van der Waals surface area (Å²) in [5.74, 6) is -1.73. The van der Waals surface area contributed by atoms with Crippen LogP contribution in [0, 0.1) is 17.7 Å². The van der Waals surface area contributed by atoms with Crippen molar-refractivity contribution < 1.29 is 19.1 Å². The minimum Gasteiger partial charge on any atom is -0.481 e. The van der Waals surface area contributed by atoms with Gasteiger partial charge in [0.05, 0.1) is 10.9 Å². The predicted octanol–water partition coefficient (Wildman–Crippen LogP) is 2.63. The lowest BCUT2D eigenvalue weighted by Crippen LogP contribution is -2.50. The highest BCUT2D eigenvalue weighted by atomic mass is 35.5. The smallest absolute Gasteiger partial charge is 0.306 e. The van der Waals surface area contributed by atoms with Crippen LogP contribution >= 0.6 is 11.6 Å². The average molecular weight is 355 g/mol. The van der Waals surface area contributed by atoms with Gasteiger partial charge in [0, 0.05) is 37.8 Å². The van der Waals surface area contributed by atoms with Gasteiger partial charge in [-0.2, -0.15) is 0 Å². The maximum Gasteiger partial charge on any atom is 0.306 e. The molecule has 0 spiro atoms. The Morgan fingerprint density at radius 2 is 1.79 bits per heavy atom. The molecule has 130 valence electrons. The fourth-order valence-corrected chi connectivity index (χ4v) is 3.73. The van der Waals surface area contributed by atoms with E-state index in [0.717, 1.165) is 5.69 Å². The summed E-state index contributed by atoms with van der Waals surface area (Å²) >= 11 is 5.82. The molecular formula is C17H20ClFN2O3. The topological polar surface area (TPSA) is 60.9 Å². The molecule has 7 heteroatoms. The molecule has 24 heavy (non-hydrogen) atoms. The molecular weight excluding hydrogens is 335 g/mol. The number of hydrogen-bond donors (Lipinski definition) is 1. The fraction of sp³-hybridized carbons (Fsp3) is 0.529. The zero-order chi connectivity index (χ0) is 17.3. The van der Waals surface area contributed by atoms with E-state index in [0.29, 0.717) is 45.4 Å². The van der Waals surface area contributed by atoms with Gasteiger partial charge in [-0.1, -0.05) is 11.6 Å². The van der Waals surface area contributed by atoms with Crippen molar-refractivity contribution in [2.75, 3.05) is 31.1 Å². The molecule has 2 aliphatic rings. The molecule has 3 rings (SSSR count). The van der Waals surface area contributed by atoms with E-state index in [9.17, 15) is 14.0 Å². The first kappa shape index (κ1) is 17.0. The number of carbonyl (C=O) groups is 2. The number of aliphatic carboxylic acids is 1. The molecule has 1 heterocycles. The third-order valence-electron chi connectivity index (χ3n) is 4.99. The lowest BCUT2D eigenvalue weighted by molar-refractivity contribution is -0.141. The molecule has 0 aromatic heterocycles. The molecule has 1 aliphatic carbocycles. The van der Waals surface area contributed by atoms with Gasteiger partial charge in [0.25, 0.3) is 0 Å². The maximum absolute atomic E-state index is 13.2. The molecule has 5 nitrogen and oxygen atoms in total. The molecule has 1 N–H and O–H groups in total. The fourth-order valence-electron chi connectivity index (χ4n) is 3.56. The first-order valence-corrected chi connectivity index (χ1v) is 8.55. The highest BCUT2D eigenvalue weighted by molar-refractivity contribution is 6.31. The van der Waals surface area contributed by atoms with Crippen LogP contribution in [-0.2, 0) is 9.59 Å². The van der Waals surface area contributed by atoms with Crippen molar-refractivity contribution >= 4 is 29.2 Å². The van der Waals surface area contributed by atoms with Gasteiger partial charge >= 0.3 is 5.97 Å². The summed E-state index contributed by atoms with van der Waals surface area (Å²) in [6.07, 6.45) is 1.69. The van der Waals surface area contributed by atoms with Gasteiger partial charge in [-0.3, -0.25) is 9.59 Å². The van der Waals surface area contributed by atoms with Gasteiger partial charge in [-0.25, -0.2) is 4.39 Å². The Labute approximate surface area is 145 Å². The standard InChI is InChI=1S/C17H20ClFN2O3/c18-14-10-13(3-4-15(14)19)20-5-7-21(8-6-20)16(22)11-1-2-12(9-11)17(23)24/h3-4,10-12H,1-2,5-9H2,(H,23,24)/t11-,12+/m1/s1. The molecule has 1 aromatic rings. The van der Waals surface area contributed by atoms with Crippen molar-refractivity contribution in [3.05, 3.63) is 29.0 Å². The van der Waals surface area contributed by atoms with E-state index in [1.165, 1.54) is 6.07 Å². The van der Waals surface area contributed by atoms with Gasteiger partial charge in [-0.15, -0.1) is 0 Å². The van der Waals surface area contributed by atoms with Crippen LogP contribution in [0.2, 0.25) is 5.02 Å². The summed E-state index contributed by atoms with van der Waals surface area (Å²) in [6.45, 7) is 2.48. The average Bonchev–Trinajstić information content (AvgIpc) is 3.07. The summed E-state index contributed by atoms with van der Waals surface area (Å²) in [7, 11) is 0. The van der Waals surface area contributed by atoms with Crippen LogP contribution in [0.15, 0.2) is 18.2 Å². The van der Waals surface area contributed by atoms with Gasteiger partial charge in [0.2, 0.25) is 5.91 Å². The van der Waals surface area contributed by atoms with Crippen molar-refractivity contribution in [3.8, 4) is 0 Å². The van der Waals surface area contributed by atoms with E-state index in [-0.39, 0.29) is 22.8 Å². The number of piperazine rings is 1. The van der Waals surface area contributed by atoms with Crippen molar-refractivity contribution in [2.24, 2.45) is 11.8 Å². The molecule has 0 radical (unpaired) electrons. The lowest BCUT2D eigenvalue weighted by Gasteiger charge is -2.37. The van der Waals surface area contributed by atoms with E-state index in [2.05, 4.69) is 4.90 Å². The number of benzene rings is 1. The quantitative estimate of drug-likeness (QED) is 0.906. The number of carboxylic acids is 1. The highest BCUT2D eigenvalue weighted by Crippen LogP contribution is 2.33. The maximum atomic E-state index is 13.2. The van der Waals surface area contributed by atoms with Gasteiger partial charge < -0.3 is 14.9 Å². The van der Waals surface area contributed by atoms with Gasteiger partial charge in [-0.05, 0) is 37.5 Å². The molecule has 0 bridgehead atoms. The van der Waals surface area contributed by atoms with Crippen LogP contribution in [0.1, 0.15) is 19.3 Å². The molecule has 0 unspecified atom stereocenters. The third-order valence-corrected chi connectivity index (χ3v) is 5.28. The Bertz CT molecular complexity index is 647. The number of anilines is 1. The number of nitrogens with zero attached hydrogens (tertiary/aromatic N) is 2. The van der Waals surface area contributed by atoms with Gasteiger partial charge in [0.1, 0.15) is 5.82 Å². The van der Waals surface area contributed by atoms with E-state index >= 15 is 0 Å². The number of amides is 1. The Balaban J connectivity index is 1.56. The molecule has 1 amide bonds. The summed E-state index contributed by atoms with van der Waals surface area (Å²) in [4.78, 5) is 27.5. The van der Waals surface area contributed by atoms with Crippen LogP contribution in [-0.4, -0.2) is 48.1 Å². The second-order valence-corrected chi connectivity index (χ2v) is 6.86. The summed E-state index contributed by atoms with van der Waals surface area (Å²) in [5, 5.41) is 9.15. The van der Waals surface area contributed by atoms with Crippen LogP contribution in [0.4, 0.5) is 10.1 Å². The third kappa shape index (κ3) is 3.48. The largest absolute Gasteiger partial charge is 0.481 e. The minimum absolute atomic E-state index is 0.0653. The van der Waals surface area contributed by atoms with E-state index in [1.54, 1.807) is 12.1 Å². The number of hydrogen-bond acceptors (Lipinski definition) is 3. The van der Waals surface area contributed by atoms with Crippen molar-refractivity contribution in [1.29, 1.82) is 0 Å². The number of halogens is 2.